The highest BCUT2D eigenvalue weighted by molar-refractivity contribution is 5.86. The second-order valence-electron chi connectivity index (χ2n) is 16.9. The molecule has 2 saturated carbocycles. The lowest BCUT2D eigenvalue weighted by molar-refractivity contribution is -0.159. The van der Waals surface area contributed by atoms with Gasteiger partial charge in [-0.2, -0.15) is 0 Å². The summed E-state index contributed by atoms with van der Waals surface area (Å²) in [6, 6.07) is 3.56. The zero-order chi connectivity index (χ0) is 35.2. The minimum atomic E-state index is -0.702. The first-order valence-electron chi connectivity index (χ1n) is 19.4. The molecule has 49 heavy (non-hydrogen) atoms. The van der Waals surface area contributed by atoms with Crippen molar-refractivity contribution in [3.8, 4) is 0 Å². The van der Waals surface area contributed by atoms with Crippen LogP contribution < -0.4 is 5.32 Å². The number of carbonyl (C=O) groups is 3. The largest absolute Gasteiger partial charge is 0.462 e. The highest BCUT2D eigenvalue weighted by atomic mass is 16.6. The van der Waals surface area contributed by atoms with E-state index < -0.39 is 17.6 Å². The number of hydrogen-bond acceptors (Lipinski definition) is 6. The molecule has 1 unspecified atom stereocenters. The number of fused-ring (bicyclic) bond motifs is 5. The Hall–Kier alpha value is -2.96. The van der Waals surface area contributed by atoms with Crippen LogP contribution in [0.5, 0.6) is 0 Å². The van der Waals surface area contributed by atoms with Crippen molar-refractivity contribution in [2.75, 3.05) is 0 Å². The Balaban J connectivity index is 1.11. The summed E-state index contributed by atoms with van der Waals surface area (Å²) in [6.45, 7) is 12.6. The van der Waals surface area contributed by atoms with Crippen LogP contribution in [0, 0.1) is 28.6 Å². The molecule has 1 N–H and O–H groups in total. The van der Waals surface area contributed by atoms with Crippen molar-refractivity contribution in [3.63, 3.8) is 0 Å². The van der Waals surface area contributed by atoms with Crippen molar-refractivity contribution in [3.05, 3.63) is 47.8 Å². The maximum atomic E-state index is 13.0. The van der Waals surface area contributed by atoms with Crippen LogP contribution in [0.15, 0.2) is 42.3 Å². The Morgan fingerprint density at radius 1 is 0.959 bits per heavy atom. The fourth-order valence-corrected chi connectivity index (χ4v) is 9.74. The smallest absolute Gasteiger partial charge is 0.329 e. The van der Waals surface area contributed by atoms with Gasteiger partial charge < -0.3 is 14.8 Å². The minimum Gasteiger partial charge on any atom is -0.462 e. The third-order valence-corrected chi connectivity index (χ3v) is 12.3. The number of rotatable bonds is 14. The lowest BCUT2D eigenvalue weighted by Gasteiger charge is -2.57. The Bertz CT molecular complexity index is 1380. The van der Waals surface area contributed by atoms with Crippen molar-refractivity contribution in [1.29, 1.82) is 0 Å². The number of amides is 1. The van der Waals surface area contributed by atoms with E-state index in [9.17, 15) is 14.4 Å². The summed E-state index contributed by atoms with van der Waals surface area (Å²) < 4.78 is 11.6. The van der Waals surface area contributed by atoms with Gasteiger partial charge in [-0.25, -0.2) is 4.79 Å². The molecule has 4 aliphatic rings. The molecule has 4 aliphatic carbocycles. The molecule has 1 aromatic rings. The van der Waals surface area contributed by atoms with Crippen LogP contribution >= 0.6 is 0 Å². The number of pyridine rings is 1. The van der Waals surface area contributed by atoms with Gasteiger partial charge in [-0.15, -0.1) is 0 Å². The van der Waals surface area contributed by atoms with Gasteiger partial charge in [-0.3, -0.25) is 14.6 Å². The van der Waals surface area contributed by atoms with E-state index in [1.807, 2.05) is 33.2 Å². The molecule has 0 saturated heterocycles. The Labute approximate surface area is 295 Å². The lowest BCUT2D eigenvalue weighted by atomic mass is 9.47. The van der Waals surface area contributed by atoms with Crippen LogP contribution in [0.4, 0.5) is 0 Å². The van der Waals surface area contributed by atoms with Crippen LogP contribution in [0.25, 0.3) is 5.57 Å². The number of esters is 2. The van der Waals surface area contributed by atoms with Crippen molar-refractivity contribution < 1.29 is 23.9 Å². The quantitative estimate of drug-likeness (QED) is 0.120. The minimum absolute atomic E-state index is 0.000735. The third kappa shape index (κ3) is 8.86. The van der Waals surface area contributed by atoms with E-state index in [-0.39, 0.29) is 41.7 Å². The number of nitrogens with one attached hydrogen (secondary N) is 1. The highest BCUT2D eigenvalue weighted by Crippen LogP contribution is 2.66. The predicted octanol–water partition coefficient (Wildman–Crippen LogP) is 9.31. The van der Waals surface area contributed by atoms with Crippen LogP contribution in [0.3, 0.4) is 0 Å². The van der Waals surface area contributed by atoms with E-state index >= 15 is 0 Å². The van der Waals surface area contributed by atoms with Crippen molar-refractivity contribution in [1.82, 2.24) is 10.3 Å². The molecule has 0 radical (unpaired) electrons. The number of nitrogens with zero attached hydrogens (tertiary/aromatic N) is 1. The maximum Gasteiger partial charge on any atom is 0.329 e. The molecule has 1 heterocycles. The van der Waals surface area contributed by atoms with Crippen molar-refractivity contribution >= 4 is 23.4 Å². The summed E-state index contributed by atoms with van der Waals surface area (Å²) in [5, 5.41) is 2.86. The van der Waals surface area contributed by atoms with Gasteiger partial charge in [0.05, 0.1) is 6.42 Å². The third-order valence-electron chi connectivity index (χ3n) is 12.3. The average Bonchev–Trinajstić information content (AvgIpc) is 3.42. The van der Waals surface area contributed by atoms with Gasteiger partial charge >= 0.3 is 11.9 Å². The second kappa shape index (κ2) is 15.9. The fourth-order valence-electron chi connectivity index (χ4n) is 9.74. The molecular weight excluding hydrogens is 612 g/mol. The average molecular weight is 675 g/mol. The van der Waals surface area contributed by atoms with Crippen LogP contribution in [-0.2, 0) is 23.9 Å². The standard InChI is InChI=1S/C42H62N2O5/c1-7-8-9-10-11-12-15-36(39(47)49-40(2,3)4)44-37(45)20-21-38(46)48-31-22-24-41(5)30(27-31)16-17-32-34-19-18-33(29-14-13-26-43-28-29)42(34,6)25-23-35(32)41/h13-14,16,18,26,28,31-32,34-36H,7-12,15,17,19-25,27H2,1-6H3,(H,44,45)/t31-,32-,34-,35-,36?,41-,42+/m0/s1. The van der Waals surface area contributed by atoms with Gasteiger partial charge in [0.1, 0.15) is 17.7 Å². The summed E-state index contributed by atoms with van der Waals surface area (Å²) in [7, 11) is 0. The zero-order valence-corrected chi connectivity index (χ0v) is 31.2. The molecule has 0 spiro atoms. The topological polar surface area (TPSA) is 94.6 Å². The molecule has 270 valence electrons. The predicted molar refractivity (Wildman–Crippen MR) is 194 cm³/mol. The molecule has 7 nitrogen and oxygen atoms in total. The summed E-state index contributed by atoms with van der Waals surface area (Å²) >= 11 is 0. The fraction of sp³-hybridized carbons (Fsp3) is 0.714. The molecule has 2 fully saturated rings. The van der Waals surface area contributed by atoms with Gasteiger partial charge in [-0.1, -0.05) is 83.1 Å². The Morgan fingerprint density at radius 3 is 2.45 bits per heavy atom. The SMILES string of the molecule is CCCCCCCCC(NC(=O)CCC(=O)O[C@H]1CC[C@@]2(C)C(=CC[C@@H]3[C@@H]2CC[C@]2(C)C(c4cccnc4)=CC[C@@H]32)C1)C(=O)OC(C)(C)C. The van der Waals surface area contributed by atoms with E-state index in [4.69, 9.17) is 9.47 Å². The zero-order valence-electron chi connectivity index (χ0n) is 31.2. The number of ether oxygens (including phenoxy) is 2. The maximum absolute atomic E-state index is 13.0. The molecule has 1 amide bonds. The Morgan fingerprint density at radius 2 is 1.71 bits per heavy atom. The molecule has 7 atom stereocenters. The number of allylic oxidation sites excluding steroid dienone is 3. The number of aromatic nitrogens is 1. The van der Waals surface area contributed by atoms with Gasteiger partial charge in [-0.05, 0) is 112 Å². The molecular formula is C42H62N2O5. The van der Waals surface area contributed by atoms with Crippen LogP contribution in [0.2, 0.25) is 0 Å². The van der Waals surface area contributed by atoms with E-state index in [1.54, 1.807) is 0 Å². The van der Waals surface area contributed by atoms with E-state index in [1.165, 1.54) is 48.8 Å². The first-order chi connectivity index (χ1) is 23.3. The van der Waals surface area contributed by atoms with Crippen molar-refractivity contribution in [2.45, 2.75) is 162 Å². The molecule has 0 bridgehead atoms. The van der Waals surface area contributed by atoms with Gasteiger partial charge in [0.2, 0.25) is 5.91 Å². The second-order valence-corrected chi connectivity index (χ2v) is 16.9. The molecule has 0 aliphatic heterocycles. The Kier molecular flexibility index (Phi) is 12.1. The number of hydrogen-bond donors (Lipinski definition) is 1. The lowest BCUT2D eigenvalue weighted by Crippen LogP contribution is -2.50. The van der Waals surface area contributed by atoms with E-state index in [0.29, 0.717) is 24.2 Å². The monoisotopic (exact) mass is 674 g/mol. The molecule has 5 rings (SSSR count). The first-order valence-corrected chi connectivity index (χ1v) is 19.4. The molecule has 1 aromatic heterocycles. The van der Waals surface area contributed by atoms with Gasteiger partial charge in [0.15, 0.2) is 0 Å². The van der Waals surface area contributed by atoms with Crippen LogP contribution in [0.1, 0.15) is 150 Å². The van der Waals surface area contributed by atoms with E-state index in [0.717, 1.165) is 51.4 Å². The summed E-state index contributed by atoms with van der Waals surface area (Å²) in [5.74, 6) is 0.914. The van der Waals surface area contributed by atoms with Gasteiger partial charge in [0.25, 0.3) is 0 Å². The first kappa shape index (κ1) is 37.3. The normalized spacial score (nSPS) is 29.8. The number of carbonyl (C=O) groups excluding carboxylic acids is 3. The van der Waals surface area contributed by atoms with Crippen molar-refractivity contribution in [2.24, 2.45) is 28.6 Å². The van der Waals surface area contributed by atoms with Gasteiger partial charge in [0, 0.05) is 25.2 Å². The summed E-state index contributed by atoms with van der Waals surface area (Å²) in [4.78, 5) is 43.2. The molecule has 0 aromatic carbocycles. The summed E-state index contributed by atoms with van der Waals surface area (Å²) in [5.41, 5.74) is 3.95. The number of unbranched alkanes of at least 4 members (excludes halogenated alkanes) is 5. The molecule has 7 heteroatoms. The van der Waals surface area contributed by atoms with Crippen LogP contribution in [-0.4, -0.2) is 40.6 Å². The summed E-state index contributed by atoms with van der Waals surface area (Å²) in [6.07, 6.45) is 23.2. The highest BCUT2D eigenvalue weighted by Gasteiger charge is 2.57. The van der Waals surface area contributed by atoms with E-state index in [2.05, 4.69) is 55.4 Å².